The van der Waals surface area contributed by atoms with Gasteiger partial charge in [-0.3, -0.25) is 9.48 Å². The largest absolute Gasteiger partial charge is 0.390 e. The van der Waals surface area contributed by atoms with Crippen molar-refractivity contribution in [3.05, 3.63) is 17.5 Å². The van der Waals surface area contributed by atoms with Crippen molar-refractivity contribution < 1.29 is 19.4 Å². The van der Waals surface area contributed by atoms with Crippen LogP contribution in [0.25, 0.3) is 0 Å². The van der Waals surface area contributed by atoms with E-state index in [1.807, 2.05) is 20.2 Å². The molecule has 1 fully saturated rings. The SMILES string of the molecule is CO[C@@H]1COC[C@@H](CNC(=O)CCc2cn(C)nc2C)[C@@H]1O. The van der Waals surface area contributed by atoms with Crippen LogP contribution in [0, 0.1) is 12.8 Å². The molecule has 0 unspecified atom stereocenters. The van der Waals surface area contributed by atoms with Gasteiger partial charge in [-0.2, -0.15) is 5.10 Å². The third-order valence-electron chi connectivity index (χ3n) is 4.08. The number of hydrogen-bond donors (Lipinski definition) is 2. The first kappa shape index (κ1) is 16.9. The smallest absolute Gasteiger partial charge is 0.220 e. The molecular formula is C15H25N3O4. The van der Waals surface area contributed by atoms with Gasteiger partial charge in [-0.05, 0) is 18.9 Å². The minimum atomic E-state index is -0.611. The molecule has 3 atom stereocenters. The Kier molecular flexibility index (Phi) is 5.93. The molecule has 2 heterocycles. The second-order valence-corrected chi connectivity index (χ2v) is 5.78. The summed E-state index contributed by atoms with van der Waals surface area (Å²) in [5, 5.41) is 17.2. The van der Waals surface area contributed by atoms with Gasteiger partial charge in [0.1, 0.15) is 6.10 Å². The molecule has 0 saturated carbocycles. The molecule has 0 aliphatic carbocycles. The second kappa shape index (κ2) is 7.71. The molecule has 1 amide bonds. The number of amides is 1. The van der Waals surface area contributed by atoms with Gasteiger partial charge in [-0.1, -0.05) is 0 Å². The number of rotatable bonds is 6. The molecule has 2 N–H and O–H groups in total. The van der Waals surface area contributed by atoms with Crippen LogP contribution in [0.5, 0.6) is 0 Å². The maximum atomic E-state index is 11.9. The minimum Gasteiger partial charge on any atom is -0.390 e. The van der Waals surface area contributed by atoms with E-state index in [1.165, 1.54) is 0 Å². The lowest BCUT2D eigenvalue weighted by molar-refractivity contribution is -0.136. The molecule has 0 bridgehead atoms. The number of hydrogen-bond acceptors (Lipinski definition) is 5. The van der Waals surface area contributed by atoms with E-state index in [4.69, 9.17) is 9.47 Å². The van der Waals surface area contributed by atoms with Crippen LogP contribution in [0.15, 0.2) is 6.20 Å². The molecule has 1 aliphatic heterocycles. The van der Waals surface area contributed by atoms with E-state index in [9.17, 15) is 9.90 Å². The number of aromatic nitrogens is 2. The van der Waals surface area contributed by atoms with E-state index in [0.717, 1.165) is 11.3 Å². The predicted octanol–water partition coefficient (Wildman–Crippen LogP) is -0.200. The number of nitrogens with zero attached hydrogens (tertiary/aromatic N) is 2. The van der Waals surface area contributed by atoms with Crippen molar-refractivity contribution in [3.8, 4) is 0 Å². The number of aryl methyl sites for hydroxylation is 3. The van der Waals surface area contributed by atoms with Crippen molar-refractivity contribution in [3.63, 3.8) is 0 Å². The number of aliphatic hydroxyl groups excluding tert-OH is 1. The zero-order chi connectivity index (χ0) is 16.1. The highest BCUT2D eigenvalue weighted by Crippen LogP contribution is 2.17. The average molecular weight is 311 g/mol. The van der Waals surface area contributed by atoms with E-state index >= 15 is 0 Å². The lowest BCUT2D eigenvalue weighted by Crippen LogP contribution is -2.49. The van der Waals surface area contributed by atoms with E-state index in [2.05, 4.69) is 10.4 Å². The zero-order valence-electron chi connectivity index (χ0n) is 13.4. The Bertz CT molecular complexity index is 503. The summed E-state index contributed by atoms with van der Waals surface area (Å²) in [4.78, 5) is 11.9. The third kappa shape index (κ3) is 4.28. The van der Waals surface area contributed by atoms with E-state index in [-0.39, 0.29) is 17.9 Å². The van der Waals surface area contributed by atoms with Gasteiger partial charge >= 0.3 is 0 Å². The fourth-order valence-corrected chi connectivity index (χ4v) is 2.70. The highest BCUT2D eigenvalue weighted by molar-refractivity contribution is 5.76. The molecule has 2 rings (SSSR count). The van der Waals surface area contributed by atoms with Crippen LogP contribution in [0.4, 0.5) is 0 Å². The Morgan fingerprint density at radius 1 is 1.59 bits per heavy atom. The number of ether oxygens (including phenoxy) is 2. The fraction of sp³-hybridized carbons (Fsp3) is 0.733. The number of carbonyl (C=O) groups excluding carboxylic acids is 1. The van der Waals surface area contributed by atoms with Crippen LogP contribution in [0.1, 0.15) is 17.7 Å². The van der Waals surface area contributed by atoms with Crippen molar-refractivity contribution in [1.29, 1.82) is 0 Å². The first-order valence-corrected chi connectivity index (χ1v) is 7.55. The van der Waals surface area contributed by atoms with Gasteiger partial charge in [0.15, 0.2) is 0 Å². The Hall–Kier alpha value is -1.44. The first-order chi connectivity index (χ1) is 10.5. The maximum Gasteiger partial charge on any atom is 0.220 e. The Morgan fingerprint density at radius 3 is 3.00 bits per heavy atom. The Balaban J connectivity index is 1.74. The maximum absolute atomic E-state index is 11.9. The zero-order valence-corrected chi connectivity index (χ0v) is 13.4. The summed E-state index contributed by atoms with van der Waals surface area (Å²) in [5.41, 5.74) is 2.03. The number of carbonyl (C=O) groups is 1. The Morgan fingerprint density at radius 2 is 2.36 bits per heavy atom. The molecule has 0 radical (unpaired) electrons. The van der Waals surface area contributed by atoms with Gasteiger partial charge in [-0.25, -0.2) is 0 Å². The summed E-state index contributed by atoms with van der Waals surface area (Å²) in [5.74, 6) is -0.169. The number of aliphatic hydroxyl groups is 1. The fourth-order valence-electron chi connectivity index (χ4n) is 2.70. The molecule has 1 saturated heterocycles. The average Bonchev–Trinajstić information content (AvgIpc) is 2.82. The van der Waals surface area contributed by atoms with Crippen molar-refractivity contribution in [1.82, 2.24) is 15.1 Å². The van der Waals surface area contributed by atoms with Gasteiger partial charge in [0.25, 0.3) is 0 Å². The van der Waals surface area contributed by atoms with Gasteiger partial charge in [0, 0.05) is 39.2 Å². The molecule has 1 aromatic heterocycles. The van der Waals surface area contributed by atoms with Crippen molar-refractivity contribution in [2.45, 2.75) is 32.0 Å². The number of methoxy groups -OCH3 is 1. The summed E-state index contributed by atoms with van der Waals surface area (Å²) in [6, 6.07) is 0. The van der Waals surface area contributed by atoms with E-state index < -0.39 is 6.10 Å². The van der Waals surface area contributed by atoms with Crippen LogP contribution in [-0.2, 0) is 27.7 Å². The van der Waals surface area contributed by atoms with E-state index in [0.29, 0.717) is 32.6 Å². The lowest BCUT2D eigenvalue weighted by atomic mass is 9.96. The van der Waals surface area contributed by atoms with Gasteiger partial charge in [-0.15, -0.1) is 0 Å². The standard InChI is InChI=1S/C15H25N3O4/c1-10-11(7-18(2)17-10)4-5-14(19)16-6-12-8-22-9-13(21-3)15(12)20/h7,12-13,15,20H,4-6,8-9H2,1-3H3,(H,16,19)/t12-,13-,15+/m1/s1. The molecule has 0 aromatic carbocycles. The minimum absolute atomic E-state index is 0.0324. The van der Waals surface area contributed by atoms with Crippen molar-refractivity contribution >= 4 is 5.91 Å². The van der Waals surface area contributed by atoms with Gasteiger partial charge in [0.05, 0.1) is 25.0 Å². The lowest BCUT2D eigenvalue weighted by Gasteiger charge is -2.33. The van der Waals surface area contributed by atoms with Crippen LogP contribution < -0.4 is 5.32 Å². The summed E-state index contributed by atoms with van der Waals surface area (Å²) in [6.07, 6.45) is 2.07. The van der Waals surface area contributed by atoms with E-state index in [1.54, 1.807) is 11.8 Å². The Labute approximate surface area is 130 Å². The summed E-state index contributed by atoms with van der Waals surface area (Å²) in [6.45, 7) is 3.16. The monoisotopic (exact) mass is 311 g/mol. The summed E-state index contributed by atoms with van der Waals surface area (Å²) < 4.78 is 12.3. The molecule has 0 spiro atoms. The van der Waals surface area contributed by atoms with Crippen LogP contribution in [-0.4, -0.2) is 59.9 Å². The highest BCUT2D eigenvalue weighted by atomic mass is 16.5. The summed E-state index contributed by atoms with van der Waals surface area (Å²) in [7, 11) is 3.42. The van der Waals surface area contributed by atoms with Crippen LogP contribution in [0.2, 0.25) is 0 Å². The van der Waals surface area contributed by atoms with Crippen LogP contribution in [0.3, 0.4) is 0 Å². The van der Waals surface area contributed by atoms with Crippen molar-refractivity contribution in [2.75, 3.05) is 26.9 Å². The normalized spacial score (nSPS) is 25.2. The molecular weight excluding hydrogens is 286 g/mol. The third-order valence-corrected chi connectivity index (χ3v) is 4.08. The molecule has 22 heavy (non-hydrogen) atoms. The topological polar surface area (TPSA) is 85.6 Å². The second-order valence-electron chi connectivity index (χ2n) is 5.78. The molecule has 1 aromatic rings. The molecule has 7 heteroatoms. The predicted molar refractivity (Wildman–Crippen MR) is 80.4 cm³/mol. The molecule has 124 valence electrons. The molecule has 1 aliphatic rings. The first-order valence-electron chi connectivity index (χ1n) is 7.55. The van der Waals surface area contributed by atoms with Gasteiger partial charge in [0.2, 0.25) is 5.91 Å². The highest BCUT2D eigenvalue weighted by Gasteiger charge is 2.32. The molecule has 7 nitrogen and oxygen atoms in total. The number of nitrogens with one attached hydrogen (secondary N) is 1. The van der Waals surface area contributed by atoms with Gasteiger partial charge < -0.3 is 19.9 Å². The summed E-state index contributed by atoms with van der Waals surface area (Å²) >= 11 is 0. The van der Waals surface area contributed by atoms with Crippen LogP contribution >= 0.6 is 0 Å². The van der Waals surface area contributed by atoms with Crippen molar-refractivity contribution in [2.24, 2.45) is 13.0 Å². The quantitative estimate of drug-likeness (QED) is 0.760.